The van der Waals surface area contributed by atoms with E-state index in [0.29, 0.717) is 5.75 Å². The number of methoxy groups -OCH3 is 1. The Balaban J connectivity index is 1.98. The molecule has 1 saturated heterocycles. The first kappa shape index (κ1) is 13.1. The molecule has 1 aliphatic heterocycles. The molecule has 0 bridgehead atoms. The molecule has 0 atom stereocenters. The van der Waals surface area contributed by atoms with Crippen LogP contribution in [0.3, 0.4) is 0 Å². The highest BCUT2D eigenvalue weighted by molar-refractivity contribution is 7.81. The van der Waals surface area contributed by atoms with Crippen LogP contribution in [0.15, 0.2) is 24.3 Å². The lowest BCUT2D eigenvalue weighted by molar-refractivity contribution is -0.128. The first-order valence-electron chi connectivity index (χ1n) is 6.02. The third kappa shape index (κ3) is 2.90. The minimum absolute atomic E-state index is 0.114. The summed E-state index contributed by atoms with van der Waals surface area (Å²) in [7, 11) is 1.67. The lowest BCUT2D eigenvalue weighted by Gasteiger charge is -2.36. The highest BCUT2D eigenvalue weighted by atomic mass is 32.1. The standard InChI is InChI=1S/C13H18N2O2S/c1-17-12-4-2-3-11(9-12)14-5-7-15(8-6-14)13(16)10-18/h2-4,9,18H,5-8,10H2,1H3. The molecule has 4 nitrogen and oxygen atoms in total. The van der Waals surface area contributed by atoms with Crippen molar-refractivity contribution in [1.29, 1.82) is 0 Å². The van der Waals surface area contributed by atoms with Crippen molar-refractivity contribution in [2.24, 2.45) is 0 Å². The predicted octanol–water partition coefficient (Wildman–Crippen LogP) is 1.27. The van der Waals surface area contributed by atoms with Crippen LogP contribution in [0.1, 0.15) is 0 Å². The van der Waals surface area contributed by atoms with Gasteiger partial charge in [0.25, 0.3) is 0 Å². The van der Waals surface area contributed by atoms with Gasteiger partial charge in [-0.15, -0.1) is 0 Å². The molecule has 0 aliphatic carbocycles. The van der Waals surface area contributed by atoms with Gasteiger partial charge in [0.2, 0.25) is 5.91 Å². The molecule has 0 saturated carbocycles. The molecule has 0 radical (unpaired) electrons. The fourth-order valence-corrected chi connectivity index (χ4v) is 2.32. The highest BCUT2D eigenvalue weighted by Crippen LogP contribution is 2.22. The van der Waals surface area contributed by atoms with Crippen LogP contribution in [0, 0.1) is 0 Å². The summed E-state index contributed by atoms with van der Waals surface area (Å²) in [4.78, 5) is 15.7. The number of anilines is 1. The largest absolute Gasteiger partial charge is 0.497 e. The van der Waals surface area contributed by atoms with Gasteiger partial charge in [-0.3, -0.25) is 4.79 Å². The summed E-state index contributed by atoms with van der Waals surface area (Å²) in [6.07, 6.45) is 0. The van der Waals surface area contributed by atoms with E-state index in [1.807, 2.05) is 23.1 Å². The number of hydrogen-bond acceptors (Lipinski definition) is 4. The van der Waals surface area contributed by atoms with Gasteiger partial charge in [0.05, 0.1) is 12.9 Å². The molecule has 0 N–H and O–H groups in total. The van der Waals surface area contributed by atoms with Gasteiger partial charge in [-0.1, -0.05) is 6.07 Å². The Morgan fingerprint density at radius 1 is 1.33 bits per heavy atom. The van der Waals surface area contributed by atoms with Crippen LogP contribution < -0.4 is 9.64 Å². The van der Waals surface area contributed by atoms with E-state index in [4.69, 9.17) is 4.74 Å². The molecule has 18 heavy (non-hydrogen) atoms. The smallest absolute Gasteiger partial charge is 0.232 e. The normalized spacial score (nSPS) is 15.7. The molecule has 1 aromatic rings. The molecular formula is C13H18N2O2S. The quantitative estimate of drug-likeness (QED) is 0.837. The van der Waals surface area contributed by atoms with Crippen LogP contribution in [0.4, 0.5) is 5.69 Å². The van der Waals surface area contributed by atoms with E-state index in [0.717, 1.165) is 37.6 Å². The maximum Gasteiger partial charge on any atom is 0.232 e. The van der Waals surface area contributed by atoms with Crippen LogP contribution in [-0.4, -0.2) is 49.8 Å². The van der Waals surface area contributed by atoms with Gasteiger partial charge in [-0.2, -0.15) is 12.6 Å². The second-order valence-corrected chi connectivity index (χ2v) is 4.54. The zero-order valence-electron chi connectivity index (χ0n) is 10.5. The van der Waals surface area contributed by atoms with Crippen molar-refractivity contribution in [1.82, 2.24) is 4.90 Å². The summed E-state index contributed by atoms with van der Waals surface area (Å²) in [5.41, 5.74) is 1.15. The SMILES string of the molecule is COc1cccc(N2CCN(C(=O)CS)CC2)c1. The Morgan fingerprint density at radius 2 is 2.06 bits per heavy atom. The van der Waals surface area contributed by atoms with Crippen molar-refractivity contribution in [2.75, 3.05) is 43.9 Å². The molecule has 5 heteroatoms. The highest BCUT2D eigenvalue weighted by Gasteiger charge is 2.20. The summed E-state index contributed by atoms with van der Waals surface area (Å²) >= 11 is 4.02. The van der Waals surface area contributed by atoms with Crippen LogP contribution >= 0.6 is 12.6 Å². The third-order valence-corrected chi connectivity index (χ3v) is 3.46. The van der Waals surface area contributed by atoms with E-state index >= 15 is 0 Å². The molecule has 1 aromatic carbocycles. The third-order valence-electron chi connectivity index (χ3n) is 3.19. The van der Waals surface area contributed by atoms with E-state index in [1.54, 1.807) is 7.11 Å². The Bertz CT molecular complexity index is 417. The number of carbonyl (C=O) groups is 1. The molecule has 2 rings (SSSR count). The molecule has 0 unspecified atom stereocenters. The van der Waals surface area contributed by atoms with E-state index in [9.17, 15) is 4.79 Å². The molecule has 1 fully saturated rings. The summed E-state index contributed by atoms with van der Waals surface area (Å²) in [5, 5.41) is 0. The van der Waals surface area contributed by atoms with Crippen LogP contribution in [-0.2, 0) is 4.79 Å². The number of rotatable bonds is 3. The number of thiol groups is 1. The van der Waals surface area contributed by atoms with Crippen molar-refractivity contribution in [3.8, 4) is 5.75 Å². The lowest BCUT2D eigenvalue weighted by atomic mass is 10.2. The van der Waals surface area contributed by atoms with Gasteiger partial charge in [0.15, 0.2) is 0 Å². The van der Waals surface area contributed by atoms with Gasteiger partial charge in [-0.25, -0.2) is 0 Å². The molecule has 1 aliphatic rings. The molecule has 1 heterocycles. The number of hydrogen-bond donors (Lipinski definition) is 1. The number of carbonyl (C=O) groups excluding carboxylic acids is 1. The van der Waals surface area contributed by atoms with Crippen molar-refractivity contribution in [2.45, 2.75) is 0 Å². The number of nitrogens with zero attached hydrogens (tertiary/aromatic N) is 2. The van der Waals surface area contributed by atoms with Crippen LogP contribution in [0.25, 0.3) is 0 Å². The topological polar surface area (TPSA) is 32.8 Å². The van der Waals surface area contributed by atoms with Gasteiger partial charge in [-0.05, 0) is 12.1 Å². The molecule has 98 valence electrons. The Kier molecular flexibility index (Phi) is 4.36. The van der Waals surface area contributed by atoms with E-state index < -0.39 is 0 Å². The Hall–Kier alpha value is -1.36. The average Bonchev–Trinajstić information content (AvgIpc) is 2.46. The maximum absolute atomic E-state index is 11.5. The monoisotopic (exact) mass is 266 g/mol. The zero-order valence-corrected chi connectivity index (χ0v) is 11.4. The second kappa shape index (κ2) is 6.00. The fourth-order valence-electron chi connectivity index (χ4n) is 2.12. The summed E-state index contributed by atoms with van der Waals surface area (Å²) < 4.78 is 5.22. The Labute approximate surface area is 113 Å². The summed E-state index contributed by atoms with van der Waals surface area (Å²) in [6, 6.07) is 8.01. The molecule has 0 aromatic heterocycles. The number of piperazine rings is 1. The zero-order chi connectivity index (χ0) is 13.0. The van der Waals surface area contributed by atoms with Gasteiger partial charge >= 0.3 is 0 Å². The van der Waals surface area contributed by atoms with E-state index in [2.05, 4.69) is 23.6 Å². The van der Waals surface area contributed by atoms with Gasteiger partial charge < -0.3 is 14.5 Å². The van der Waals surface area contributed by atoms with Crippen molar-refractivity contribution in [3.05, 3.63) is 24.3 Å². The predicted molar refractivity (Wildman–Crippen MR) is 75.6 cm³/mol. The van der Waals surface area contributed by atoms with Crippen LogP contribution in [0.5, 0.6) is 5.75 Å². The van der Waals surface area contributed by atoms with Gasteiger partial charge in [0, 0.05) is 37.9 Å². The summed E-state index contributed by atoms with van der Waals surface area (Å²) in [5.74, 6) is 1.27. The number of benzene rings is 1. The van der Waals surface area contributed by atoms with Crippen molar-refractivity contribution < 1.29 is 9.53 Å². The molecular weight excluding hydrogens is 248 g/mol. The maximum atomic E-state index is 11.5. The average molecular weight is 266 g/mol. The van der Waals surface area contributed by atoms with Crippen molar-refractivity contribution >= 4 is 24.2 Å². The minimum atomic E-state index is 0.114. The lowest BCUT2D eigenvalue weighted by Crippen LogP contribution is -2.49. The van der Waals surface area contributed by atoms with Crippen LogP contribution in [0.2, 0.25) is 0 Å². The first-order chi connectivity index (χ1) is 8.74. The first-order valence-corrected chi connectivity index (χ1v) is 6.65. The van der Waals surface area contributed by atoms with E-state index in [1.165, 1.54) is 0 Å². The molecule has 0 spiro atoms. The number of amides is 1. The van der Waals surface area contributed by atoms with E-state index in [-0.39, 0.29) is 5.91 Å². The molecule has 1 amide bonds. The van der Waals surface area contributed by atoms with Gasteiger partial charge in [0.1, 0.15) is 5.75 Å². The second-order valence-electron chi connectivity index (χ2n) is 4.23. The number of ether oxygens (including phenoxy) is 1. The Morgan fingerprint density at radius 3 is 2.67 bits per heavy atom. The fraction of sp³-hybridized carbons (Fsp3) is 0.462. The van der Waals surface area contributed by atoms with Crippen molar-refractivity contribution in [3.63, 3.8) is 0 Å². The minimum Gasteiger partial charge on any atom is -0.497 e. The summed E-state index contributed by atoms with van der Waals surface area (Å²) in [6.45, 7) is 3.23.